The van der Waals surface area contributed by atoms with Crippen LogP contribution in [0.2, 0.25) is 0 Å². The van der Waals surface area contributed by atoms with Crippen LogP contribution in [0.25, 0.3) is 22.5 Å². The normalized spacial score (nSPS) is 11.4. The lowest BCUT2D eigenvalue weighted by molar-refractivity contribution is 0.615. The second-order valence-electron chi connectivity index (χ2n) is 6.87. The molecule has 0 aliphatic heterocycles. The first kappa shape index (κ1) is 19.5. The molecule has 2 aromatic heterocycles. The maximum Gasteiger partial charge on any atom is 0.346 e. The zero-order chi connectivity index (χ0) is 20.9. The largest absolute Gasteiger partial charge is 0.346 e. The van der Waals surface area contributed by atoms with Crippen molar-refractivity contribution in [2.75, 3.05) is 0 Å². The molecule has 8 heteroatoms. The van der Waals surface area contributed by atoms with Crippen molar-refractivity contribution in [3.05, 3.63) is 82.6 Å². The average molecular weight is 401 g/mol. The molecule has 0 radical (unpaired) electrons. The van der Waals surface area contributed by atoms with Gasteiger partial charge in [0.2, 0.25) is 0 Å². The molecule has 0 atom stereocenters. The number of allylic oxidation sites excluding steroid dienone is 2. The third kappa shape index (κ3) is 3.84. The van der Waals surface area contributed by atoms with Gasteiger partial charge in [-0.3, -0.25) is 4.57 Å². The fraction of sp³-hybridized carbons (Fsp3) is 0.227. The highest BCUT2D eigenvalue weighted by molar-refractivity contribution is 5.80. The highest BCUT2D eigenvalue weighted by Crippen LogP contribution is 2.29. The van der Waals surface area contributed by atoms with Crippen LogP contribution in [0.5, 0.6) is 0 Å². The van der Waals surface area contributed by atoms with Gasteiger partial charge in [-0.1, -0.05) is 60.7 Å². The van der Waals surface area contributed by atoms with E-state index >= 15 is 0 Å². The Morgan fingerprint density at radius 2 is 1.83 bits per heavy atom. The van der Waals surface area contributed by atoms with Gasteiger partial charge in [-0.25, -0.2) is 14.6 Å². The van der Waals surface area contributed by atoms with E-state index in [2.05, 4.69) is 37.9 Å². The Hall–Kier alpha value is -3.81. The molecule has 0 unspecified atom stereocenters. The van der Waals surface area contributed by atoms with E-state index in [9.17, 15) is 4.79 Å². The van der Waals surface area contributed by atoms with Gasteiger partial charge in [-0.2, -0.15) is 5.10 Å². The monoisotopic (exact) mass is 401 g/mol. The fourth-order valence-electron chi connectivity index (χ4n) is 3.41. The van der Waals surface area contributed by atoms with Crippen LogP contribution in [0.1, 0.15) is 25.2 Å². The zero-order valence-corrected chi connectivity index (χ0v) is 17.0. The molecule has 0 saturated carbocycles. The number of nitrogens with one attached hydrogen (secondary N) is 1. The molecule has 152 valence electrons. The Balaban J connectivity index is 1.64. The van der Waals surface area contributed by atoms with E-state index in [-0.39, 0.29) is 5.69 Å². The molecule has 0 spiro atoms. The number of nitrogens with zero attached hydrogens (tertiary/aromatic N) is 6. The van der Waals surface area contributed by atoms with Crippen molar-refractivity contribution < 1.29 is 0 Å². The Morgan fingerprint density at radius 3 is 2.50 bits per heavy atom. The predicted octanol–water partition coefficient (Wildman–Crippen LogP) is 3.08. The summed E-state index contributed by atoms with van der Waals surface area (Å²) in [6.45, 7) is 4.93. The summed E-state index contributed by atoms with van der Waals surface area (Å²) in [4.78, 5) is 12.7. The van der Waals surface area contributed by atoms with Crippen LogP contribution in [0.4, 0.5) is 0 Å². The predicted molar refractivity (Wildman–Crippen MR) is 115 cm³/mol. The highest BCUT2D eigenvalue weighted by atomic mass is 16.2. The van der Waals surface area contributed by atoms with E-state index < -0.39 is 0 Å². The summed E-state index contributed by atoms with van der Waals surface area (Å²) in [5.74, 6) is 1.40. The van der Waals surface area contributed by atoms with E-state index in [1.54, 1.807) is 4.57 Å². The lowest BCUT2D eigenvalue weighted by Crippen LogP contribution is -2.25. The molecule has 0 amide bonds. The molecule has 0 aliphatic rings. The molecular weight excluding hydrogens is 378 g/mol. The lowest BCUT2D eigenvalue weighted by atomic mass is 9.98. The molecule has 0 fully saturated rings. The number of aryl methyl sites for hydroxylation is 1. The van der Waals surface area contributed by atoms with Crippen LogP contribution in [0.3, 0.4) is 0 Å². The minimum absolute atomic E-state index is 0.0794. The molecule has 0 bridgehead atoms. The summed E-state index contributed by atoms with van der Waals surface area (Å²) in [5.41, 5.74) is 3.98. The molecule has 1 N–H and O–H groups in total. The van der Waals surface area contributed by atoms with Crippen LogP contribution in [-0.4, -0.2) is 35.0 Å². The molecular formula is C22H23N7O. The highest BCUT2D eigenvalue weighted by Gasteiger charge is 2.13. The fourth-order valence-corrected chi connectivity index (χ4v) is 3.41. The summed E-state index contributed by atoms with van der Waals surface area (Å²) < 4.78 is 3.25. The number of tetrazole rings is 1. The van der Waals surface area contributed by atoms with E-state index in [4.69, 9.17) is 0 Å². The Kier molecular flexibility index (Phi) is 5.65. The smallest absolute Gasteiger partial charge is 0.274 e. The second-order valence-corrected chi connectivity index (χ2v) is 6.87. The van der Waals surface area contributed by atoms with Crippen LogP contribution >= 0.6 is 0 Å². The van der Waals surface area contributed by atoms with Gasteiger partial charge >= 0.3 is 5.69 Å². The van der Waals surface area contributed by atoms with Gasteiger partial charge in [0.25, 0.3) is 0 Å². The maximum absolute atomic E-state index is 12.7. The number of hydrogen-bond acceptors (Lipinski definition) is 5. The summed E-state index contributed by atoms with van der Waals surface area (Å²) >= 11 is 0. The lowest BCUT2D eigenvalue weighted by Gasteiger charge is -2.09. The summed E-state index contributed by atoms with van der Waals surface area (Å²) in [6.07, 6.45) is 4.61. The number of H-pyrrole nitrogens is 1. The molecule has 8 nitrogen and oxygen atoms in total. The van der Waals surface area contributed by atoms with Gasteiger partial charge < -0.3 is 0 Å². The SMILES string of the molecule is C/C=C/Cc1nn(CC)c(=O)n1Cc1ccc(-c2ccccc2-c2nnn[nH]2)cc1. The first-order valence-electron chi connectivity index (χ1n) is 9.91. The third-order valence-electron chi connectivity index (χ3n) is 4.97. The van der Waals surface area contributed by atoms with Crippen molar-refractivity contribution in [2.45, 2.75) is 33.4 Å². The molecule has 30 heavy (non-hydrogen) atoms. The minimum Gasteiger partial charge on any atom is -0.274 e. The Morgan fingerprint density at radius 1 is 1.07 bits per heavy atom. The van der Waals surface area contributed by atoms with Crippen molar-refractivity contribution in [3.8, 4) is 22.5 Å². The number of hydrogen-bond donors (Lipinski definition) is 1. The van der Waals surface area contributed by atoms with Crippen LogP contribution in [0, 0.1) is 0 Å². The van der Waals surface area contributed by atoms with E-state index in [0.717, 1.165) is 28.1 Å². The Labute approximate surface area is 173 Å². The topological polar surface area (TPSA) is 94.3 Å². The maximum atomic E-state index is 12.7. The zero-order valence-electron chi connectivity index (χ0n) is 17.0. The van der Waals surface area contributed by atoms with Gasteiger partial charge in [0.05, 0.1) is 6.54 Å². The van der Waals surface area contributed by atoms with Crippen molar-refractivity contribution in [1.29, 1.82) is 0 Å². The summed E-state index contributed by atoms with van der Waals surface area (Å²) in [6, 6.07) is 16.2. The molecule has 2 heterocycles. The number of rotatable bonds is 7. The Bertz CT molecular complexity index is 1200. The van der Waals surface area contributed by atoms with Gasteiger partial charge in [0, 0.05) is 18.5 Å². The number of aromatic nitrogens is 7. The van der Waals surface area contributed by atoms with Crippen LogP contribution < -0.4 is 5.69 Å². The first-order chi connectivity index (χ1) is 14.7. The van der Waals surface area contributed by atoms with Crippen LogP contribution in [-0.2, 0) is 19.5 Å². The molecule has 0 saturated heterocycles. The van der Waals surface area contributed by atoms with E-state index in [1.807, 2.05) is 62.4 Å². The molecule has 0 aliphatic carbocycles. The van der Waals surface area contributed by atoms with Gasteiger partial charge in [-0.05, 0) is 41.0 Å². The third-order valence-corrected chi connectivity index (χ3v) is 4.97. The van der Waals surface area contributed by atoms with Crippen molar-refractivity contribution in [3.63, 3.8) is 0 Å². The minimum atomic E-state index is -0.0794. The molecule has 4 aromatic rings. The molecule has 4 rings (SSSR count). The quantitative estimate of drug-likeness (QED) is 0.480. The molecule has 2 aromatic carbocycles. The average Bonchev–Trinajstić information content (AvgIpc) is 3.42. The van der Waals surface area contributed by atoms with Crippen molar-refractivity contribution in [2.24, 2.45) is 0 Å². The number of aromatic amines is 1. The first-order valence-corrected chi connectivity index (χ1v) is 9.91. The van der Waals surface area contributed by atoms with Crippen LogP contribution in [0.15, 0.2) is 65.5 Å². The standard InChI is InChI=1S/C22H23N7O/c1-3-5-10-20-25-29(4-2)22(30)28(20)15-16-11-13-17(14-12-16)18-8-6-7-9-19(18)21-23-26-27-24-21/h3,5-9,11-14H,4,10,15H2,1-2H3,(H,23,24,26,27)/b5-3+. The number of benzene rings is 2. The summed E-state index contributed by atoms with van der Waals surface area (Å²) in [5, 5.41) is 18.7. The van der Waals surface area contributed by atoms with Crippen molar-refractivity contribution in [1.82, 2.24) is 35.0 Å². The van der Waals surface area contributed by atoms with Gasteiger partial charge in [-0.15, -0.1) is 5.10 Å². The van der Waals surface area contributed by atoms with Gasteiger partial charge in [0.1, 0.15) is 5.82 Å². The van der Waals surface area contributed by atoms with E-state index in [0.29, 0.717) is 25.3 Å². The van der Waals surface area contributed by atoms with Gasteiger partial charge in [0.15, 0.2) is 5.82 Å². The van der Waals surface area contributed by atoms with E-state index in [1.165, 1.54) is 4.68 Å². The van der Waals surface area contributed by atoms with Crippen molar-refractivity contribution >= 4 is 0 Å². The second kappa shape index (κ2) is 8.69. The summed E-state index contributed by atoms with van der Waals surface area (Å²) in [7, 11) is 0.